The van der Waals surface area contributed by atoms with E-state index in [2.05, 4.69) is 30.6 Å². The van der Waals surface area contributed by atoms with Crippen LogP contribution < -0.4 is 5.32 Å². The third-order valence-electron chi connectivity index (χ3n) is 3.62. The van der Waals surface area contributed by atoms with Crippen molar-refractivity contribution in [1.29, 1.82) is 0 Å². The first kappa shape index (κ1) is 24.4. The van der Waals surface area contributed by atoms with Crippen LogP contribution >= 0.6 is 0 Å². The van der Waals surface area contributed by atoms with Crippen molar-refractivity contribution in [3.8, 4) is 0 Å². The van der Waals surface area contributed by atoms with E-state index in [9.17, 15) is 9.59 Å². The van der Waals surface area contributed by atoms with Crippen LogP contribution in [0, 0.1) is 0 Å². The summed E-state index contributed by atoms with van der Waals surface area (Å²) in [6.45, 7) is 13.8. The first-order valence-corrected chi connectivity index (χ1v) is 9.54. The topological polar surface area (TPSA) is 77.1 Å². The summed E-state index contributed by atoms with van der Waals surface area (Å²) >= 11 is 0. The number of nitrogens with zero attached hydrogens (tertiary/aromatic N) is 1. The molecule has 1 amide bonds. The number of amides is 1. The highest BCUT2D eigenvalue weighted by atomic mass is 16.6. The molecule has 0 aliphatic carbocycles. The Hall–Kier alpha value is -1.60. The van der Waals surface area contributed by atoms with Crippen LogP contribution in [0.15, 0.2) is 12.2 Å². The van der Waals surface area contributed by atoms with Crippen LogP contribution in [0.1, 0.15) is 46.5 Å². The van der Waals surface area contributed by atoms with Crippen LogP contribution in [0.3, 0.4) is 0 Å². The Bertz CT molecular complexity index is 393. The Kier molecular flexibility index (Phi) is 15.8. The zero-order valence-electron chi connectivity index (χ0n) is 16.7. The maximum absolute atomic E-state index is 11.6. The van der Waals surface area contributed by atoms with E-state index in [0.29, 0.717) is 25.3 Å². The van der Waals surface area contributed by atoms with Gasteiger partial charge in [-0.25, -0.2) is 9.59 Å². The lowest BCUT2D eigenvalue weighted by Crippen LogP contribution is -2.33. The highest BCUT2D eigenvalue weighted by molar-refractivity contribution is 5.86. The predicted molar refractivity (Wildman–Crippen MR) is 102 cm³/mol. The molecule has 0 rings (SSSR count). The summed E-state index contributed by atoms with van der Waals surface area (Å²) in [5, 5.41) is 2.63. The maximum Gasteiger partial charge on any atom is 0.407 e. The summed E-state index contributed by atoms with van der Waals surface area (Å²) in [4.78, 5) is 25.1. The SMILES string of the molecule is C=C(C)C(=O)OCCOCCNC(=O)OCCN(CCCC)CCCC. The lowest BCUT2D eigenvalue weighted by atomic mass is 10.2. The quantitative estimate of drug-likeness (QED) is 0.255. The Morgan fingerprint density at radius 3 is 2.15 bits per heavy atom. The van der Waals surface area contributed by atoms with Crippen molar-refractivity contribution >= 4 is 12.1 Å². The number of rotatable bonds is 16. The summed E-state index contributed by atoms with van der Waals surface area (Å²) in [6, 6.07) is 0. The van der Waals surface area contributed by atoms with E-state index in [1.807, 2.05) is 0 Å². The Morgan fingerprint density at radius 1 is 0.923 bits per heavy atom. The second-order valence-electron chi connectivity index (χ2n) is 6.14. The van der Waals surface area contributed by atoms with Crippen LogP contribution in [0.5, 0.6) is 0 Å². The van der Waals surface area contributed by atoms with Crippen molar-refractivity contribution < 1.29 is 23.8 Å². The third-order valence-corrected chi connectivity index (χ3v) is 3.62. The third kappa shape index (κ3) is 14.7. The van der Waals surface area contributed by atoms with Crippen molar-refractivity contribution in [1.82, 2.24) is 10.2 Å². The number of alkyl carbamates (subject to hydrolysis) is 1. The fourth-order valence-corrected chi connectivity index (χ4v) is 2.06. The molecule has 26 heavy (non-hydrogen) atoms. The van der Waals surface area contributed by atoms with Crippen LogP contribution in [0.4, 0.5) is 4.79 Å². The molecule has 0 aromatic rings. The van der Waals surface area contributed by atoms with E-state index in [4.69, 9.17) is 14.2 Å². The molecule has 0 aromatic carbocycles. The standard InChI is InChI=1S/C19H36N2O5/c1-5-7-10-21(11-8-6-2)12-14-26-19(23)20-9-13-24-15-16-25-18(22)17(3)4/h3,5-16H2,1-2,4H3,(H,20,23). The van der Waals surface area contributed by atoms with E-state index in [1.165, 1.54) is 0 Å². The van der Waals surface area contributed by atoms with E-state index < -0.39 is 12.1 Å². The average molecular weight is 373 g/mol. The van der Waals surface area contributed by atoms with Crippen molar-refractivity contribution in [3.63, 3.8) is 0 Å². The molecule has 0 saturated carbocycles. The molecule has 0 saturated heterocycles. The van der Waals surface area contributed by atoms with Gasteiger partial charge >= 0.3 is 12.1 Å². The minimum Gasteiger partial charge on any atom is -0.460 e. The second-order valence-corrected chi connectivity index (χ2v) is 6.14. The van der Waals surface area contributed by atoms with Gasteiger partial charge in [-0.15, -0.1) is 0 Å². The van der Waals surface area contributed by atoms with E-state index in [0.717, 1.165) is 45.3 Å². The fraction of sp³-hybridized carbons (Fsp3) is 0.789. The van der Waals surface area contributed by atoms with Gasteiger partial charge < -0.3 is 19.5 Å². The molecule has 0 fully saturated rings. The van der Waals surface area contributed by atoms with Crippen LogP contribution in [0.2, 0.25) is 0 Å². The summed E-state index contributed by atoms with van der Waals surface area (Å²) < 4.78 is 15.3. The molecule has 152 valence electrons. The largest absolute Gasteiger partial charge is 0.460 e. The zero-order valence-corrected chi connectivity index (χ0v) is 16.7. The van der Waals surface area contributed by atoms with E-state index in [1.54, 1.807) is 6.92 Å². The predicted octanol–water partition coefficient (Wildman–Crippen LogP) is 2.75. The number of hydrogen-bond acceptors (Lipinski definition) is 6. The molecule has 0 aliphatic rings. The van der Waals surface area contributed by atoms with Crippen molar-refractivity contribution in [3.05, 3.63) is 12.2 Å². The van der Waals surface area contributed by atoms with Gasteiger partial charge in [0.15, 0.2) is 0 Å². The monoisotopic (exact) mass is 372 g/mol. The molecular formula is C19H36N2O5. The number of ether oxygens (including phenoxy) is 3. The summed E-state index contributed by atoms with van der Waals surface area (Å²) in [5.41, 5.74) is 0.359. The minimum atomic E-state index is -0.437. The molecule has 0 heterocycles. The van der Waals surface area contributed by atoms with Gasteiger partial charge in [0, 0.05) is 18.7 Å². The first-order chi connectivity index (χ1) is 12.5. The lowest BCUT2D eigenvalue weighted by molar-refractivity contribution is -0.140. The van der Waals surface area contributed by atoms with Gasteiger partial charge in [-0.3, -0.25) is 4.90 Å². The summed E-state index contributed by atoms with van der Waals surface area (Å²) in [7, 11) is 0. The highest BCUT2D eigenvalue weighted by Gasteiger charge is 2.06. The fourth-order valence-electron chi connectivity index (χ4n) is 2.06. The van der Waals surface area contributed by atoms with Gasteiger partial charge in [0.2, 0.25) is 0 Å². The number of nitrogens with one attached hydrogen (secondary N) is 1. The molecular weight excluding hydrogens is 336 g/mol. The summed E-state index contributed by atoms with van der Waals surface area (Å²) in [5.74, 6) is -0.428. The van der Waals surface area contributed by atoms with Gasteiger partial charge in [0.05, 0.1) is 13.2 Å². The van der Waals surface area contributed by atoms with Gasteiger partial charge in [-0.05, 0) is 32.9 Å². The van der Waals surface area contributed by atoms with Crippen LogP contribution in [0.25, 0.3) is 0 Å². The smallest absolute Gasteiger partial charge is 0.407 e. The number of esters is 1. The molecule has 0 radical (unpaired) electrons. The minimum absolute atomic E-state index is 0.168. The second kappa shape index (κ2) is 16.8. The maximum atomic E-state index is 11.6. The number of carbonyl (C=O) groups is 2. The Balaban J connectivity index is 3.63. The molecule has 0 unspecified atom stereocenters. The van der Waals surface area contributed by atoms with Gasteiger partial charge in [-0.2, -0.15) is 0 Å². The highest BCUT2D eigenvalue weighted by Crippen LogP contribution is 1.99. The zero-order chi connectivity index (χ0) is 19.6. The molecule has 0 aliphatic heterocycles. The van der Waals surface area contributed by atoms with Crippen LogP contribution in [-0.2, 0) is 19.0 Å². The van der Waals surface area contributed by atoms with Gasteiger partial charge in [-0.1, -0.05) is 33.3 Å². The average Bonchev–Trinajstić information content (AvgIpc) is 2.62. The lowest BCUT2D eigenvalue weighted by Gasteiger charge is -2.21. The molecule has 0 aromatic heterocycles. The molecule has 0 bridgehead atoms. The van der Waals surface area contributed by atoms with Gasteiger partial charge in [0.25, 0.3) is 0 Å². The number of carbonyl (C=O) groups excluding carboxylic acids is 2. The first-order valence-electron chi connectivity index (χ1n) is 9.54. The van der Waals surface area contributed by atoms with Crippen molar-refractivity contribution in [2.75, 3.05) is 52.6 Å². The van der Waals surface area contributed by atoms with Gasteiger partial charge in [0.1, 0.15) is 13.2 Å². The molecule has 7 heteroatoms. The number of hydrogen-bond donors (Lipinski definition) is 1. The Morgan fingerprint density at radius 2 is 1.58 bits per heavy atom. The van der Waals surface area contributed by atoms with E-state index >= 15 is 0 Å². The molecule has 1 N–H and O–H groups in total. The normalized spacial score (nSPS) is 10.6. The van der Waals surface area contributed by atoms with E-state index in [-0.39, 0.29) is 13.2 Å². The molecule has 0 atom stereocenters. The molecule has 0 spiro atoms. The summed E-state index contributed by atoms with van der Waals surface area (Å²) in [6.07, 6.45) is 4.21. The number of unbranched alkanes of at least 4 members (excludes halogenated alkanes) is 2. The van der Waals surface area contributed by atoms with Crippen molar-refractivity contribution in [2.24, 2.45) is 0 Å². The van der Waals surface area contributed by atoms with Crippen molar-refractivity contribution in [2.45, 2.75) is 46.5 Å². The van der Waals surface area contributed by atoms with Crippen LogP contribution in [-0.4, -0.2) is 69.6 Å². The molecule has 7 nitrogen and oxygen atoms in total. The Labute approximate surface area is 158 Å².